The minimum Gasteiger partial charge on any atom is -0.356 e. The highest BCUT2D eigenvalue weighted by Crippen LogP contribution is 2.09. The number of sulfonamides is 1. The van der Waals surface area contributed by atoms with Crippen LogP contribution < -0.4 is 15.4 Å². The minimum atomic E-state index is -3.70. The van der Waals surface area contributed by atoms with Crippen molar-refractivity contribution < 1.29 is 17.6 Å². The molecule has 3 N–H and O–H groups in total. The van der Waals surface area contributed by atoms with Crippen LogP contribution in [0.3, 0.4) is 0 Å². The summed E-state index contributed by atoms with van der Waals surface area (Å²) in [4.78, 5) is 11.5. The summed E-state index contributed by atoms with van der Waals surface area (Å²) in [5.41, 5.74) is 0. The van der Waals surface area contributed by atoms with Gasteiger partial charge in [0.15, 0.2) is 0 Å². The van der Waals surface area contributed by atoms with Crippen molar-refractivity contribution in [3.63, 3.8) is 0 Å². The van der Waals surface area contributed by atoms with E-state index in [0.29, 0.717) is 12.5 Å². The van der Waals surface area contributed by atoms with Gasteiger partial charge >= 0.3 is 0 Å². The van der Waals surface area contributed by atoms with Gasteiger partial charge in [0.05, 0.1) is 4.90 Å². The molecule has 9 heteroatoms. The summed E-state index contributed by atoms with van der Waals surface area (Å²) in [6.45, 7) is 2.42. The molecule has 0 aromatic heterocycles. The van der Waals surface area contributed by atoms with Crippen molar-refractivity contribution in [1.29, 1.82) is 0 Å². The predicted molar refractivity (Wildman–Crippen MR) is 82.8 cm³/mol. The monoisotopic (exact) mass is 351 g/mol. The summed E-state index contributed by atoms with van der Waals surface area (Å²) in [5, 5.41) is 5.86. The summed E-state index contributed by atoms with van der Waals surface area (Å²) in [6.07, 6.45) is 0.0700. The molecular weight excluding hydrogens is 333 g/mol. The number of amides is 1. The molecule has 2 rings (SSSR count). The smallest absolute Gasteiger partial charge is 0.240 e. The standard InChI is InChI=1S/C13H18FN3O3S.ClH/c14-11-1-3-12(4-2-11)21(19,20)17-6-5-13(18)16-9-10-7-15-8-10;/h1-4,10,15,17H,5-9H2,(H,16,18);1H. The Morgan fingerprint density at radius 3 is 2.45 bits per heavy atom. The molecule has 1 aliphatic rings. The molecule has 0 atom stereocenters. The van der Waals surface area contributed by atoms with Crippen molar-refractivity contribution >= 4 is 28.3 Å². The maximum absolute atomic E-state index is 12.7. The van der Waals surface area contributed by atoms with E-state index < -0.39 is 15.8 Å². The maximum atomic E-state index is 12.7. The van der Waals surface area contributed by atoms with E-state index in [-0.39, 0.29) is 36.2 Å². The Hall–Kier alpha value is -1.22. The Bertz CT molecular complexity index is 591. The molecule has 1 amide bonds. The maximum Gasteiger partial charge on any atom is 0.240 e. The first kappa shape index (κ1) is 18.8. The van der Waals surface area contributed by atoms with Crippen molar-refractivity contribution in [3.8, 4) is 0 Å². The van der Waals surface area contributed by atoms with Gasteiger partial charge in [-0.25, -0.2) is 17.5 Å². The zero-order chi connectivity index (χ0) is 15.3. The zero-order valence-corrected chi connectivity index (χ0v) is 13.5. The van der Waals surface area contributed by atoms with Crippen LogP contribution in [0.2, 0.25) is 0 Å². The number of rotatable bonds is 7. The molecule has 1 aliphatic heterocycles. The first-order chi connectivity index (χ1) is 9.97. The first-order valence-electron chi connectivity index (χ1n) is 6.70. The van der Waals surface area contributed by atoms with Crippen molar-refractivity contribution in [2.45, 2.75) is 11.3 Å². The van der Waals surface area contributed by atoms with Crippen LogP contribution >= 0.6 is 12.4 Å². The summed E-state index contributed by atoms with van der Waals surface area (Å²) >= 11 is 0. The van der Waals surface area contributed by atoms with Crippen molar-refractivity contribution in [1.82, 2.24) is 15.4 Å². The van der Waals surface area contributed by atoms with Crippen LogP contribution in [0.25, 0.3) is 0 Å². The number of hydrogen-bond donors (Lipinski definition) is 3. The van der Waals surface area contributed by atoms with Gasteiger partial charge in [0.25, 0.3) is 0 Å². The van der Waals surface area contributed by atoms with Gasteiger partial charge < -0.3 is 10.6 Å². The molecule has 1 saturated heterocycles. The summed E-state index contributed by atoms with van der Waals surface area (Å²) in [7, 11) is -3.70. The molecule has 0 bridgehead atoms. The Morgan fingerprint density at radius 2 is 1.91 bits per heavy atom. The second-order valence-electron chi connectivity index (χ2n) is 4.93. The Morgan fingerprint density at radius 1 is 1.27 bits per heavy atom. The van der Waals surface area contributed by atoms with Crippen LogP contribution in [0.15, 0.2) is 29.2 Å². The highest BCUT2D eigenvalue weighted by molar-refractivity contribution is 7.89. The van der Waals surface area contributed by atoms with Gasteiger partial charge in [0.1, 0.15) is 5.82 Å². The highest BCUT2D eigenvalue weighted by Gasteiger charge is 2.17. The number of nitrogens with one attached hydrogen (secondary N) is 3. The number of benzene rings is 1. The molecule has 1 aromatic rings. The van der Waals surface area contributed by atoms with Crippen LogP contribution in [-0.4, -0.2) is 40.5 Å². The molecule has 6 nitrogen and oxygen atoms in total. The first-order valence-corrected chi connectivity index (χ1v) is 8.18. The van der Waals surface area contributed by atoms with Crippen molar-refractivity contribution in [3.05, 3.63) is 30.1 Å². The zero-order valence-electron chi connectivity index (χ0n) is 11.8. The molecule has 0 aliphatic carbocycles. The van der Waals surface area contributed by atoms with Gasteiger partial charge in [-0.05, 0) is 24.3 Å². The van der Waals surface area contributed by atoms with E-state index in [4.69, 9.17) is 0 Å². The Balaban J connectivity index is 0.00000242. The van der Waals surface area contributed by atoms with Crippen LogP contribution in [0.5, 0.6) is 0 Å². The molecular formula is C13H19ClFN3O3S. The number of carbonyl (C=O) groups is 1. The molecule has 0 saturated carbocycles. The van der Waals surface area contributed by atoms with E-state index in [1.165, 1.54) is 12.1 Å². The molecule has 124 valence electrons. The molecule has 1 aromatic carbocycles. The average Bonchev–Trinajstić information content (AvgIpc) is 2.37. The Labute approximate surface area is 135 Å². The lowest BCUT2D eigenvalue weighted by atomic mass is 10.0. The second-order valence-corrected chi connectivity index (χ2v) is 6.70. The molecule has 0 unspecified atom stereocenters. The fourth-order valence-corrected chi connectivity index (χ4v) is 2.87. The van der Waals surface area contributed by atoms with Crippen LogP contribution in [0.4, 0.5) is 4.39 Å². The SMILES string of the molecule is Cl.O=C(CCNS(=O)(=O)c1ccc(F)cc1)NCC1CNC1. The van der Waals surface area contributed by atoms with Crippen LogP contribution in [0, 0.1) is 11.7 Å². The van der Waals surface area contributed by atoms with E-state index in [1.807, 2.05) is 0 Å². The molecule has 0 spiro atoms. The van der Waals surface area contributed by atoms with Gasteiger partial charge in [-0.3, -0.25) is 4.79 Å². The summed E-state index contributed by atoms with van der Waals surface area (Å²) in [5.74, 6) is -0.229. The van der Waals surface area contributed by atoms with Gasteiger partial charge in [0.2, 0.25) is 15.9 Å². The third-order valence-corrected chi connectivity index (χ3v) is 4.70. The van der Waals surface area contributed by atoms with E-state index in [2.05, 4.69) is 15.4 Å². The Kier molecular flexibility index (Phi) is 7.21. The van der Waals surface area contributed by atoms with E-state index in [9.17, 15) is 17.6 Å². The average molecular weight is 352 g/mol. The van der Waals surface area contributed by atoms with Crippen LogP contribution in [0.1, 0.15) is 6.42 Å². The van der Waals surface area contributed by atoms with Gasteiger partial charge in [-0.2, -0.15) is 0 Å². The number of halogens is 2. The third kappa shape index (κ3) is 5.53. The lowest BCUT2D eigenvalue weighted by molar-refractivity contribution is -0.121. The van der Waals surface area contributed by atoms with E-state index in [1.54, 1.807) is 0 Å². The summed E-state index contributed by atoms with van der Waals surface area (Å²) in [6, 6.07) is 4.52. The quantitative estimate of drug-likeness (QED) is 0.657. The molecule has 1 heterocycles. The highest BCUT2D eigenvalue weighted by atomic mass is 35.5. The van der Waals surface area contributed by atoms with Crippen molar-refractivity contribution in [2.75, 3.05) is 26.2 Å². The number of carbonyl (C=O) groups excluding carboxylic acids is 1. The van der Waals surface area contributed by atoms with Gasteiger partial charge in [-0.1, -0.05) is 0 Å². The van der Waals surface area contributed by atoms with E-state index >= 15 is 0 Å². The summed E-state index contributed by atoms with van der Waals surface area (Å²) < 4.78 is 38.8. The lowest BCUT2D eigenvalue weighted by Crippen LogP contribution is -2.48. The lowest BCUT2D eigenvalue weighted by Gasteiger charge is -2.27. The fourth-order valence-electron chi connectivity index (χ4n) is 1.84. The van der Waals surface area contributed by atoms with Crippen LogP contribution in [-0.2, 0) is 14.8 Å². The fraction of sp³-hybridized carbons (Fsp3) is 0.462. The van der Waals surface area contributed by atoms with Crippen molar-refractivity contribution in [2.24, 2.45) is 5.92 Å². The predicted octanol–water partition coefficient (Wildman–Crippen LogP) is 0.251. The van der Waals surface area contributed by atoms with E-state index in [0.717, 1.165) is 25.2 Å². The number of hydrogen-bond acceptors (Lipinski definition) is 4. The molecule has 22 heavy (non-hydrogen) atoms. The normalized spacial score (nSPS) is 14.8. The minimum absolute atomic E-state index is 0. The molecule has 1 fully saturated rings. The van der Waals surface area contributed by atoms with Gasteiger partial charge in [0, 0.05) is 38.5 Å². The second kappa shape index (κ2) is 8.42. The third-order valence-electron chi connectivity index (χ3n) is 3.22. The topological polar surface area (TPSA) is 87.3 Å². The molecule has 0 radical (unpaired) electrons. The largest absolute Gasteiger partial charge is 0.356 e. The van der Waals surface area contributed by atoms with Gasteiger partial charge in [-0.15, -0.1) is 12.4 Å².